The Morgan fingerprint density at radius 3 is 2.35 bits per heavy atom. The van der Waals surface area contributed by atoms with Gasteiger partial charge in [0.15, 0.2) is 0 Å². The highest BCUT2D eigenvalue weighted by atomic mass is 16.5. The summed E-state index contributed by atoms with van der Waals surface area (Å²) in [5, 5.41) is 9.57. The molecule has 26 heavy (non-hydrogen) atoms. The average molecular weight is 356 g/mol. The van der Waals surface area contributed by atoms with Gasteiger partial charge < -0.3 is 19.6 Å². The van der Waals surface area contributed by atoms with Gasteiger partial charge in [-0.3, -0.25) is 9.59 Å². The zero-order chi connectivity index (χ0) is 18.3. The lowest BCUT2D eigenvalue weighted by Crippen LogP contribution is -2.52. The number of hydrogen-bond donors (Lipinski definition) is 1. The maximum atomic E-state index is 13.1. The van der Waals surface area contributed by atoms with E-state index >= 15 is 0 Å². The molecule has 0 unspecified atom stereocenters. The highest BCUT2D eigenvalue weighted by Gasteiger charge is 2.52. The second-order valence-corrected chi connectivity index (χ2v) is 7.32. The number of carbonyl (C=O) groups is 2. The van der Waals surface area contributed by atoms with Crippen LogP contribution < -0.4 is 9.64 Å². The van der Waals surface area contributed by atoms with E-state index in [1.54, 1.807) is 7.11 Å². The summed E-state index contributed by atoms with van der Waals surface area (Å²) < 4.78 is 5.43. The molecular formula is C20H24N2O4. The van der Waals surface area contributed by atoms with Crippen LogP contribution in [0.3, 0.4) is 0 Å². The van der Waals surface area contributed by atoms with Gasteiger partial charge >= 0.3 is 5.97 Å². The third kappa shape index (κ3) is 2.73. The summed E-state index contributed by atoms with van der Waals surface area (Å²) in [7, 11) is 1.66. The van der Waals surface area contributed by atoms with Gasteiger partial charge in [0.1, 0.15) is 5.75 Å². The molecule has 2 bridgehead atoms. The lowest BCUT2D eigenvalue weighted by atomic mass is 9.82. The second-order valence-electron chi connectivity index (χ2n) is 7.32. The van der Waals surface area contributed by atoms with E-state index in [4.69, 9.17) is 4.74 Å². The normalized spacial score (nSPS) is 29.9. The smallest absolute Gasteiger partial charge is 0.307 e. The van der Waals surface area contributed by atoms with Gasteiger partial charge in [-0.05, 0) is 30.4 Å². The SMILES string of the molecule is COc1ccccc1N1CCN(C(=O)[C@@H]2[C@H](C(=O)O)[C@H]3C=C[C@H]2C3)CC1. The monoisotopic (exact) mass is 356 g/mol. The van der Waals surface area contributed by atoms with Crippen molar-refractivity contribution >= 4 is 17.6 Å². The van der Waals surface area contributed by atoms with Gasteiger partial charge in [-0.1, -0.05) is 24.3 Å². The van der Waals surface area contributed by atoms with Crippen molar-refractivity contribution in [3.63, 3.8) is 0 Å². The molecule has 6 heteroatoms. The topological polar surface area (TPSA) is 70.1 Å². The first kappa shape index (κ1) is 16.9. The van der Waals surface area contributed by atoms with Gasteiger partial charge in [0.25, 0.3) is 0 Å². The van der Waals surface area contributed by atoms with Crippen LogP contribution in [0.15, 0.2) is 36.4 Å². The summed E-state index contributed by atoms with van der Waals surface area (Å²) in [5.41, 5.74) is 1.04. The highest BCUT2D eigenvalue weighted by Crippen LogP contribution is 2.48. The van der Waals surface area contributed by atoms with E-state index < -0.39 is 17.8 Å². The molecule has 4 rings (SSSR count). The first-order valence-corrected chi connectivity index (χ1v) is 9.18. The Balaban J connectivity index is 1.44. The number of piperazine rings is 1. The molecule has 2 aliphatic carbocycles. The quantitative estimate of drug-likeness (QED) is 0.834. The van der Waals surface area contributed by atoms with Crippen LogP contribution in [0.2, 0.25) is 0 Å². The molecule has 1 saturated heterocycles. The standard InChI is InChI=1S/C20H24N2O4/c1-26-16-5-3-2-4-15(16)21-8-10-22(11-9-21)19(23)17-13-6-7-14(12-13)18(17)20(24)25/h2-7,13-14,17-18H,8-12H2,1H3,(H,24,25)/t13-,14-,17-,18+/m0/s1. The minimum Gasteiger partial charge on any atom is -0.495 e. The van der Waals surface area contributed by atoms with Crippen LogP contribution in [0.4, 0.5) is 5.69 Å². The van der Waals surface area contributed by atoms with E-state index in [1.165, 1.54) is 0 Å². The molecule has 3 aliphatic rings. The van der Waals surface area contributed by atoms with Crippen molar-refractivity contribution in [2.75, 3.05) is 38.2 Å². The largest absolute Gasteiger partial charge is 0.495 e. The molecule has 1 aliphatic heterocycles. The summed E-state index contributed by atoms with van der Waals surface area (Å²) in [4.78, 5) is 28.8. The van der Waals surface area contributed by atoms with Gasteiger partial charge in [0.2, 0.25) is 5.91 Å². The molecule has 2 fully saturated rings. The highest BCUT2D eigenvalue weighted by molar-refractivity contribution is 5.87. The lowest BCUT2D eigenvalue weighted by Gasteiger charge is -2.39. The molecule has 1 amide bonds. The number of fused-ring (bicyclic) bond motifs is 2. The Morgan fingerprint density at radius 2 is 1.69 bits per heavy atom. The maximum Gasteiger partial charge on any atom is 0.307 e. The number of carboxylic acids is 1. The molecule has 6 nitrogen and oxygen atoms in total. The number of benzene rings is 1. The minimum absolute atomic E-state index is 0.00827. The van der Waals surface area contributed by atoms with E-state index in [-0.39, 0.29) is 17.7 Å². The number of carboxylic acid groups (broad SMARTS) is 1. The van der Waals surface area contributed by atoms with Gasteiger partial charge in [-0.15, -0.1) is 0 Å². The van der Waals surface area contributed by atoms with Crippen LogP contribution in [-0.2, 0) is 9.59 Å². The first-order chi connectivity index (χ1) is 12.6. The Hall–Kier alpha value is -2.50. The molecule has 0 aromatic heterocycles. The van der Waals surface area contributed by atoms with Crippen molar-refractivity contribution < 1.29 is 19.4 Å². The first-order valence-electron chi connectivity index (χ1n) is 9.18. The number of hydrogen-bond acceptors (Lipinski definition) is 4. The number of ether oxygens (including phenoxy) is 1. The lowest BCUT2D eigenvalue weighted by molar-refractivity contribution is -0.151. The van der Waals surface area contributed by atoms with Crippen LogP contribution in [0.1, 0.15) is 6.42 Å². The molecular weight excluding hydrogens is 332 g/mol. The molecule has 1 saturated carbocycles. The van der Waals surface area contributed by atoms with Crippen molar-refractivity contribution in [2.24, 2.45) is 23.7 Å². The molecule has 4 atom stereocenters. The summed E-state index contributed by atoms with van der Waals surface area (Å²) >= 11 is 0. The van der Waals surface area contributed by atoms with Crippen LogP contribution in [-0.4, -0.2) is 55.2 Å². The number of methoxy groups -OCH3 is 1. The number of para-hydroxylation sites is 2. The number of amides is 1. The van der Waals surface area contributed by atoms with E-state index in [9.17, 15) is 14.7 Å². The summed E-state index contributed by atoms with van der Waals surface area (Å²) in [6, 6.07) is 7.88. The number of allylic oxidation sites excluding steroid dienone is 2. The molecule has 1 N–H and O–H groups in total. The van der Waals surface area contributed by atoms with Crippen molar-refractivity contribution in [3.05, 3.63) is 36.4 Å². The molecule has 0 radical (unpaired) electrons. The van der Waals surface area contributed by atoms with Crippen molar-refractivity contribution in [2.45, 2.75) is 6.42 Å². The van der Waals surface area contributed by atoms with Crippen molar-refractivity contribution in [3.8, 4) is 5.75 Å². The summed E-state index contributed by atoms with van der Waals surface area (Å²) in [6.45, 7) is 2.67. The third-order valence-corrected chi connectivity index (χ3v) is 6.05. The van der Waals surface area contributed by atoms with Crippen LogP contribution in [0.25, 0.3) is 0 Å². The molecule has 138 valence electrons. The second kappa shape index (κ2) is 6.67. The molecule has 0 spiro atoms. The third-order valence-electron chi connectivity index (χ3n) is 6.05. The molecule has 1 aromatic rings. The van der Waals surface area contributed by atoms with Crippen molar-refractivity contribution in [1.29, 1.82) is 0 Å². The van der Waals surface area contributed by atoms with Crippen LogP contribution in [0.5, 0.6) is 5.75 Å². The fraction of sp³-hybridized carbons (Fsp3) is 0.500. The Labute approximate surface area is 153 Å². The van der Waals surface area contributed by atoms with Gasteiger partial charge in [0.05, 0.1) is 24.6 Å². The van der Waals surface area contributed by atoms with E-state index in [0.717, 1.165) is 30.9 Å². The van der Waals surface area contributed by atoms with E-state index in [1.807, 2.05) is 41.3 Å². The fourth-order valence-electron chi connectivity index (χ4n) is 4.77. The summed E-state index contributed by atoms with van der Waals surface area (Å²) in [5.74, 6) is -0.870. The van der Waals surface area contributed by atoms with Gasteiger partial charge in [-0.25, -0.2) is 0 Å². The van der Waals surface area contributed by atoms with Crippen molar-refractivity contribution in [1.82, 2.24) is 4.90 Å². The van der Waals surface area contributed by atoms with Gasteiger partial charge in [-0.2, -0.15) is 0 Å². The Bertz CT molecular complexity index is 739. The van der Waals surface area contributed by atoms with E-state index in [0.29, 0.717) is 13.1 Å². The number of carbonyl (C=O) groups excluding carboxylic acids is 1. The van der Waals surface area contributed by atoms with Crippen LogP contribution in [0, 0.1) is 23.7 Å². The predicted octanol–water partition coefficient (Wildman–Crippen LogP) is 1.87. The van der Waals surface area contributed by atoms with Crippen LogP contribution >= 0.6 is 0 Å². The Morgan fingerprint density at radius 1 is 1.04 bits per heavy atom. The zero-order valence-corrected chi connectivity index (χ0v) is 14.9. The Kier molecular flexibility index (Phi) is 4.34. The number of rotatable bonds is 4. The van der Waals surface area contributed by atoms with Gasteiger partial charge in [0, 0.05) is 26.2 Å². The predicted molar refractivity (Wildman–Crippen MR) is 97.1 cm³/mol. The number of aliphatic carboxylic acids is 1. The summed E-state index contributed by atoms with van der Waals surface area (Å²) in [6.07, 6.45) is 4.82. The fourth-order valence-corrected chi connectivity index (χ4v) is 4.77. The minimum atomic E-state index is -0.840. The zero-order valence-electron chi connectivity index (χ0n) is 14.9. The number of nitrogens with zero attached hydrogens (tertiary/aromatic N) is 2. The maximum absolute atomic E-state index is 13.1. The average Bonchev–Trinajstić information content (AvgIpc) is 3.29. The molecule has 1 heterocycles. The molecule has 1 aromatic carbocycles. The van der Waals surface area contributed by atoms with E-state index in [2.05, 4.69) is 4.90 Å². The number of anilines is 1.